The van der Waals surface area contributed by atoms with Gasteiger partial charge in [0.15, 0.2) is 0 Å². The van der Waals surface area contributed by atoms with Crippen LogP contribution in [0.2, 0.25) is 0 Å². The van der Waals surface area contributed by atoms with E-state index in [9.17, 15) is 0 Å². The van der Waals surface area contributed by atoms with Gasteiger partial charge in [0.2, 0.25) is 5.95 Å². The lowest BCUT2D eigenvalue weighted by Crippen LogP contribution is -2.36. The van der Waals surface area contributed by atoms with Gasteiger partial charge in [-0.05, 0) is 42.5 Å². The maximum absolute atomic E-state index is 5.42. The molecule has 1 aliphatic heterocycles. The van der Waals surface area contributed by atoms with Crippen LogP contribution in [0.15, 0.2) is 73.2 Å². The summed E-state index contributed by atoms with van der Waals surface area (Å²) in [5.74, 6) is 1.27. The molecule has 0 amide bonds. The third-order valence-corrected chi connectivity index (χ3v) is 5.10. The molecule has 5 rings (SSSR count). The maximum Gasteiger partial charge on any atom is 0.229 e. The van der Waals surface area contributed by atoms with E-state index in [1.165, 1.54) is 5.69 Å². The van der Waals surface area contributed by atoms with Crippen molar-refractivity contribution in [1.29, 1.82) is 0 Å². The molecule has 0 unspecified atom stereocenters. The van der Waals surface area contributed by atoms with E-state index in [0.717, 1.165) is 54.3 Å². The number of aromatic nitrogens is 3. The van der Waals surface area contributed by atoms with Gasteiger partial charge in [-0.25, -0.2) is 4.98 Å². The predicted octanol–water partition coefficient (Wildman–Crippen LogP) is 4.35. The largest absolute Gasteiger partial charge is 0.378 e. The quantitative estimate of drug-likeness (QED) is 0.518. The summed E-state index contributed by atoms with van der Waals surface area (Å²) >= 11 is 0. The van der Waals surface area contributed by atoms with E-state index in [4.69, 9.17) is 4.74 Å². The van der Waals surface area contributed by atoms with Crippen molar-refractivity contribution in [3.05, 3.63) is 73.2 Å². The van der Waals surface area contributed by atoms with Crippen molar-refractivity contribution in [2.75, 3.05) is 41.8 Å². The highest BCUT2D eigenvalue weighted by atomic mass is 16.5. The van der Waals surface area contributed by atoms with Crippen molar-refractivity contribution >= 4 is 39.6 Å². The molecule has 3 heterocycles. The van der Waals surface area contributed by atoms with Crippen molar-refractivity contribution in [2.45, 2.75) is 0 Å². The van der Waals surface area contributed by atoms with Crippen molar-refractivity contribution in [3.63, 3.8) is 0 Å². The summed E-state index contributed by atoms with van der Waals surface area (Å²) < 4.78 is 5.42. The van der Waals surface area contributed by atoms with Crippen LogP contribution in [0.1, 0.15) is 0 Å². The Balaban J connectivity index is 1.31. The highest BCUT2D eigenvalue weighted by Crippen LogP contribution is 2.26. The van der Waals surface area contributed by atoms with Gasteiger partial charge in [-0.3, -0.25) is 4.98 Å². The molecule has 7 nitrogen and oxygen atoms in total. The summed E-state index contributed by atoms with van der Waals surface area (Å²) in [5.41, 5.74) is 3.13. The molecule has 0 aliphatic carbocycles. The number of hydrogen-bond donors (Lipinski definition) is 2. The second kappa shape index (κ2) is 8.34. The van der Waals surface area contributed by atoms with Gasteiger partial charge in [0.25, 0.3) is 0 Å². The Bertz CT molecular complexity index is 1140. The molecule has 30 heavy (non-hydrogen) atoms. The summed E-state index contributed by atoms with van der Waals surface area (Å²) in [5, 5.41) is 8.85. The van der Waals surface area contributed by atoms with Crippen LogP contribution in [0.25, 0.3) is 10.8 Å². The zero-order chi connectivity index (χ0) is 20.2. The Kier molecular flexibility index (Phi) is 5.10. The molecule has 2 aromatic carbocycles. The molecule has 0 spiro atoms. The van der Waals surface area contributed by atoms with Crippen LogP contribution in [-0.4, -0.2) is 41.3 Å². The number of ether oxygens (including phenoxy) is 1. The smallest absolute Gasteiger partial charge is 0.229 e. The Hall–Kier alpha value is -3.71. The number of pyridine rings is 1. The van der Waals surface area contributed by atoms with E-state index in [0.29, 0.717) is 5.95 Å². The van der Waals surface area contributed by atoms with E-state index in [2.05, 4.69) is 42.6 Å². The molecule has 0 radical (unpaired) electrons. The zero-order valence-corrected chi connectivity index (χ0v) is 16.5. The molecule has 4 aromatic rings. The Labute approximate surface area is 174 Å². The molecule has 2 aromatic heterocycles. The van der Waals surface area contributed by atoms with Crippen LogP contribution < -0.4 is 15.5 Å². The van der Waals surface area contributed by atoms with E-state index >= 15 is 0 Å². The van der Waals surface area contributed by atoms with Gasteiger partial charge in [0.1, 0.15) is 5.82 Å². The van der Waals surface area contributed by atoms with Crippen LogP contribution in [0.4, 0.5) is 28.8 Å². The molecule has 2 N–H and O–H groups in total. The minimum atomic E-state index is 0.543. The molecule has 0 saturated carbocycles. The van der Waals surface area contributed by atoms with Crippen molar-refractivity contribution in [2.24, 2.45) is 0 Å². The van der Waals surface area contributed by atoms with Crippen LogP contribution >= 0.6 is 0 Å². The number of rotatable bonds is 5. The molecular formula is C23H22N6O. The van der Waals surface area contributed by atoms with E-state index in [-0.39, 0.29) is 0 Å². The minimum absolute atomic E-state index is 0.543. The molecule has 0 bridgehead atoms. The topological polar surface area (TPSA) is 75.2 Å². The van der Waals surface area contributed by atoms with Crippen molar-refractivity contribution in [3.8, 4) is 0 Å². The molecule has 1 saturated heterocycles. The van der Waals surface area contributed by atoms with Crippen LogP contribution in [0.3, 0.4) is 0 Å². The molecule has 0 atom stereocenters. The average Bonchev–Trinajstić information content (AvgIpc) is 2.81. The first-order valence-electron chi connectivity index (χ1n) is 9.98. The van der Waals surface area contributed by atoms with Gasteiger partial charge in [0.05, 0.1) is 13.2 Å². The number of anilines is 5. The summed E-state index contributed by atoms with van der Waals surface area (Å²) in [6, 6.07) is 18.2. The first-order chi connectivity index (χ1) is 14.8. The van der Waals surface area contributed by atoms with E-state index in [1.54, 1.807) is 12.4 Å². The monoisotopic (exact) mass is 398 g/mol. The number of hydrogen-bond acceptors (Lipinski definition) is 7. The number of benzene rings is 2. The number of nitrogens with one attached hydrogen (secondary N) is 2. The highest BCUT2D eigenvalue weighted by Gasteiger charge is 2.11. The van der Waals surface area contributed by atoms with Gasteiger partial charge in [0, 0.05) is 59.5 Å². The molecular weight excluding hydrogens is 376 g/mol. The van der Waals surface area contributed by atoms with Gasteiger partial charge in [-0.15, -0.1) is 0 Å². The fraction of sp³-hybridized carbons (Fsp3) is 0.174. The summed E-state index contributed by atoms with van der Waals surface area (Å²) in [4.78, 5) is 15.5. The van der Waals surface area contributed by atoms with Gasteiger partial charge in [-0.1, -0.05) is 12.1 Å². The second-order valence-corrected chi connectivity index (χ2v) is 7.06. The standard InChI is InChI=1S/C23H22N6O/c1-2-17-16-24-10-8-20(17)21(3-1)27-22-9-11-25-23(28-22)26-18-4-6-19(7-5-18)29-12-14-30-15-13-29/h1-11,16H,12-15H2,(H2,25,26,27,28). The van der Waals surface area contributed by atoms with Gasteiger partial charge >= 0.3 is 0 Å². The first kappa shape index (κ1) is 18.3. The lowest BCUT2D eigenvalue weighted by molar-refractivity contribution is 0.122. The lowest BCUT2D eigenvalue weighted by Gasteiger charge is -2.28. The molecule has 150 valence electrons. The highest BCUT2D eigenvalue weighted by molar-refractivity contribution is 5.94. The Morgan fingerprint density at radius 1 is 0.867 bits per heavy atom. The fourth-order valence-corrected chi connectivity index (χ4v) is 3.56. The van der Waals surface area contributed by atoms with Crippen molar-refractivity contribution < 1.29 is 4.74 Å². The summed E-state index contributed by atoms with van der Waals surface area (Å²) in [6.45, 7) is 3.41. The van der Waals surface area contributed by atoms with Crippen LogP contribution in [0.5, 0.6) is 0 Å². The zero-order valence-electron chi connectivity index (χ0n) is 16.5. The first-order valence-corrected chi connectivity index (χ1v) is 9.98. The summed E-state index contributed by atoms with van der Waals surface area (Å²) in [6.07, 6.45) is 5.39. The normalized spacial score (nSPS) is 13.9. The van der Waals surface area contributed by atoms with Gasteiger partial charge < -0.3 is 20.3 Å². The third kappa shape index (κ3) is 4.01. The molecule has 1 aliphatic rings. The van der Waals surface area contributed by atoms with Gasteiger partial charge in [-0.2, -0.15) is 4.98 Å². The number of fused-ring (bicyclic) bond motifs is 1. The SMILES string of the molecule is c1cc(Nc2ccnc(Nc3ccc(N4CCOCC4)cc3)n2)c2ccncc2c1. The maximum atomic E-state index is 5.42. The molecule has 1 fully saturated rings. The van der Waals surface area contributed by atoms with E-state index in [1.807, 2.05) is 48.7 Å². The third-order valence-electron chi connectivity index (χ3n) is 5.10. The Morgan fingerprint density at radius 3 is 2.60 bits per heavy atom. The minimum Gasteiger partial charge on any atom is -0.378 e. The fourth-order valence-electron chi connectivity index (χ4n) is 3.56. The van der Waals surface area contributed by atoms with Crippen molar-refractivity contribution in [1.82, 2.24) is 15.0 Å². The molecule has 7 heteroatoms. The predicted molar refractivity (Wildman–Crippen MR) is 120 cm³/mol. The van der Waals surface area contributed by atoms with Crippen LogP contribution in [-0.2, 0) is 4.74 Å². The van der Waals surface area contributed by atoms with Crippen LogP contribution in [0, 0.1) is 0 Å². The average molecular weight is 398 g/mol. The number of nitrogens with zero attached hydrogens (tertiary/aromatic N) is 4. The van der Waals surface area contributed by atoms with E-state index < -0.39 is 0 Å². The summed E-state index contributed by atoms with van der Waals surface area (Å²) in [7, 11) is 0. The lowest BCUT2D eigenvalue weighted by atomic mass is 10.1. The second-order valence-electron chi connectivity index (χ2n) is 7.06. The number of morpholine rings is 1. The Morgan fingerprint density at radius 2 is 1.73 bits per heavy atom.